The van der Waals surface area contributed by atoms with Crippen molar-refractivity contribution in [2.75, 3.05) is 46.4 Å². The Morgan fingerprint density at radius 1 is 1.16 bits per heavy atom. The molecule has 6 nitrogen and oxygen atoms in total. The molecular weight excluding hydrogens is 501 g/mol. The van der Waals surface area contributed by atoms with E-state index in [9.17, 15) is 0 Å². The number of halogens is 1. The maximum atomic E-state index is 6.09. The van der Waals surface area contributed by atoms with Crippen LogP contribution in [0.3, 0.4) is 0 Å². The summed E-state index contributed by atoms with van der Waals surface area (Å²) in [7, 11) is 1.85. The van der Waals surface area contributed by atoms with Crippen molar-refractivity contribution in [3.8, 4) is 5.75 Å². The molecule has 1 aromatic rings. The van der Waals surface area contributed by atoms with Crippen molar-refractivity contribution in [1.82, 2.24) is 20.4 Å². The van der Waals surface area contributed by atoms with Crippen LogP contribution in [0.2, 0.25) is 0 Å². The summed E-state index contributed by atoms with van der Waals surface area (Å²) < 4.78 is 6.09. The number of guanidine groups is 1. The highest BCUT2D eigenvalue weighted by molar-refractivity contribution is 14.0. The molecule has 1 unspecified atom stereocenters. The summed E-state index contributed by atoms with van der Waals surface area (Å²) in [5, 5.41) is 7.12. The topological polar surface area (TPSA) is 52.1 Å². The Labute approximate surface area is 206 Å². The minimum absolute atomic E-state index is 0. The van der Waals surface area contributed by atoms with Crippen LogP contribution in [-0.2, 0) is 6.54 Å². The lowest BCUT2D eigenvalue weighted by Gasteiger charge is -2.24. The van der Waals surface area contributed by atoms with Crippen LogP contribution < -0.4 is 15.4 Å². The summed E-state index contributed by atoms with van der Waals surface area (Å²) in [5.74, 6) is 1.84. The Bertz CT molecular complexity index is 661. The molecule has 1 aromatic carbocycles. The minimum Gasteiger partial charge on any atom is -0.492 e. The van der Waals surface area contributed by atoms with Gasteiger partial charge in [-0.15, -0.1) is 24.0 Å². The molecule has 0 amide bonds. The van der Waals surface area contributed by atoms with Gasteiger partial charge in [-0.1, -0.05) is 44.9 Å². The zero-order valence-corrected chi connectivity index (χ0v) is 21.9. The van der Waals surface area contributed by atoms with Crippen LogP contribution in [0.1, 0.15) is 51.5 Å². The van der Waals surface area contributed by atoms with E-state index in [1.165, 1.54) is 44.2 Å². The van der Waals surface area contributed by atoms with Gasteiger partial charge in [0, 0.05) is 50.9 Å². The fourth-order valence-corrected chi connectivity index (χ4v) is 4.69. The van der Waals surface area contributed by atoms with E-state index in [1.54, 1.807) is 0 Å². The van der Waals surface area contributed by atoms with Crippen molar-refractivity contribution < 1.29 is 4.74 Å². The zero-order chi connectivity index (χ0) is 21.2. The fraction of sp³-hybridized carbons (Fsp3) is 0.708. The third-order valence-electron chi connectivity index (χ3n) is 6.60. The van der Waals surface area contributed by atoms with Gasteiger partial charge in [0.2, 0.25) is 0 Å². The quantitative estimate of drug-likeness (QED) is 0.268. The number of benzene rings is 1. The molecule has 2 aliphatic rings. The molecule has 2 N–H and O–H groups in total. The normalized spacial score (nSPS) is 20.1. The SMILES string of the molecule is CCN(CC)CCOc1ccccc1CNC(=NC)NC1CCN(C2CCCC2)C1.I. The van der Waals surface area contributed by atoms with Crippen molar-refractivity contribution in [3.05, 3.63) is 29.8 Å². The number of hydrogen-bond acceptors (Lipinski definition) is 4. The molecule has 2 fully saturated rings. The van der Waals surface area contributed by atoms with Gasteiger partial charge in [0.25, 0.3) is 0 Å². The van der Waals surface area contributed by atoms with Crippen LogP contribution in [0.25, 0.3) is 0 Å². The summed E-state index contributed by atoms with van der Waals surface area (Å²) >= 11 is 0. The lowest BCUT2D eigenvalue weighted by molar-refractivity contribution is 0.221. The van der Waals surface area contributed by atoms with Crippen LogP contribution in [0.15, 0.2) is 29.3 Å². The summed E-state index contributed by atoms with van der Waals surface area (Å²) in [4.78, 5) is 9.51. The standard InChI is InChI=1S/C24H41N5O.HI/c1-4-28(5-2)16-17-30-23-13-9-6-10-20(23)18-26-24(25-3)27-21-14-15-29(19-21)22-11-7-8-12-22;/h6,9-10,13,21-22H,4-5,7-8,11-12,14-19H2,1-3H3,(H2,25,26,27);1H. The molecule has 3 rings (SSSR count). The number of nitrogens with one attached hydrogen (secondary N) is 2. The van der Waals surface area contributed by atoms with E-state index in [0.717, 1.165) is 43.9 Å². The molecule has 7 heteroatoms. The molecule has 0 spiro atoms. The zero-order valence-electron chi connectivity index (χ0n) is 19.6. The fourth-order valence-electron chi connectivity index (χ4n) is 4.69. The van der Waals surface area contributed by atoms with E-state index >= 15 is 0 Å². The van der Waals surface area contributed by atoms with Gasteiger partial charge in [0.15, 0.2) is 5.96 Å². The highest BCUT2D eigenvalue weighted by Crippen LogP contribution is 2.26. The van der Waals surface area contributed by atoms with Crippen molar-refractivity contribution in [1.29, 1.82) is 0 Å². The third-order valence-corrected chi connectivity index (χ3v) is 6.60. The Hall–Kier alpha value is -1.06. The van der Waals surface area contributed by atoms with Crippen LogP contribution in [0, 0.1) is 0 Å². The number of aliphatic imine (C=N–C) groups is 1. The van der Waals surface area contributed by atoms with Crippen molar-refractivity contribution in [2.24, 2.45) is 4.99 Å². The van der Waals surface area contributed by atoms with Gasteiger partial charge < -0.3 is 20.3 Å². The molecule has 1 atom stereocenters. The Kier molecular flexibility index (Phi) is 12.0. The number of para-hydroxylation sites is 1. The Balaban J connectivity index is 0.00000341. The Morgan fingerprint density at radius 3 is 2.61 bits per heavy atom. The molecule has 0 aromatic heterocycles. The first-order valence-electron chi connectivity index (χ1n) is 11.9. The van der Waals surface area contributed by atoms with Crippen molar-refractivity contribution >= 4 is 29.9 Å². The average Bonchev–Trinajstić information content (AvgIpc) is 3.47. The first-order chi connectivity index (χ1) is 14.7. The summed E-state index contributed by atoms with van der Waals surface area (Å²) in [6.07, 6.45) is 6.76. The van der Waals surface area contributed by atoms with Crippen LogP contribution in [0.4, 0.5) is 0 Å². The molecule has 0 radical (unpaired) electrons. The number of nitrogens with zero attached hydrogens (tertiary/aromatic N) is 3. The predicted octanol–water partition coefficient (Wildman–Crippen LogP) is 3.71. The molecule has 1 aliphatic heterocycles. The van der Waals surface area contributed by atoms with Crippen molar-refractivity contribution in [2.45, 2.75) is 64.6 Å². The number of rotatable bonds is 10. The molecule has 31 heavy (non-hydrogen) atoms. The largest absolute Gasteiger partial charge is 0.492 e. The second-order valence-corrected chi connectivity index (χ2v) is 8.47. The van der Waals surface area contributed by atoms with E-state index < -0.39 is 0 Å². The van der Waals surface area contributed by atoms with E-state index in [0.29, 0.717) is 19.2 Å². The van der Waals surface area contributed by atoms with Gasteiger partial charge in [-0.05, 0) is 38.4 Å². The molecule has 0 bridgehead atoms. The summed E-state index contributed by atoms with van der Waals surface area (Å²) in [5.41, 5.74) is 1.17. The molecule has 1 saturated carbocycles. The summed E-state index contributed by atoms with van der Waals surface area (Å²) in [6, 6.07) is 9.60. The molecule has 1 saturated heterocycles. The smallest absolute Gasteiger partial charge is 0.191 e. The van der Waals surface area contributed by atoms with Crippen LogP contribution in [0.5, 0.6) is 5.75 Å². The van der Waals surface area contributed by atoms with Gasteiger partial charge in [0.1, 0.15) is 12.4 Å². The first-order valence-corrected chi connectivity index (χ1v) is 11.9. The van der Waals surface area contributed by atoms with Crippen LogP contribution in [-0.4, -0.2) is 74.2 Å². The maximum Gasteiger partial charge on any atom is 0.191 e. The van der Waals surface area contributed by atoms with E-state index in [4.69, 9.17) is 4.74 Å². The molecular formula is C24H42IN5O. The average molecular weight is 544 g/mol. The van der Waals surface area contributed by atoms with Gasteiger partial charge in [-0.25, -0.2) is 0 Å². The monoisotopic (exact) mass is 543 g/mol. The van der Waals surface area contributed by atoms with Gasteiger partial charge in [-0.2, -0.15) is 0 Å². The number of likely N-dealkylation sites (N-methyl/N-ethyl adjacent to an activating group) is 1. The lowest BCUT2D eigenvalue weighted by Crippen LogP contribution is -2.45. The third kappa shape index (κ3) is 8.09. The van der Waals surface area contributed by atoms with Gasteiger partial charge >= 0.3 is 0 Å². The van der Waals surface area contributed by atoms with Gasteiger partial charge in [0.05, 0.1) is 0 Å². The van der Waals surface area contributed by atoms with Crippen molar-refractivity contribution in [3.63, 3.8) is 0 Å². The summed E-state index contributed by atoms with van der Waals surface area (Å²) in [6.45, 7) is 11.2. The molecule has 1 aliphatic carbocycles. The number of ether oxygens (including phenoxy) is 1. The maximum absolute atomic E-state index is 6.09. The predicted molar refractivity (Wildman–Crippen MR) is 141 cm³/mol. The van der Waals surface area contributed by atoms with Gasteiger partial charge in [-0.3, -0.25) is 9.89 Å². The second kappa shape index (κ2) is 14.2. The number of hydrogen-bond donors (Lipinski definition) is 2. The molecule has 1 heterocycles. The molecule has 176 valence electrons. The Morgan fingerprint density at radius 2 is 1.90 bits per heavy atom. The first kappa shape index (κ1) is 26.2. The lowest BCUT2D eigenvalue weighted by atomic mass is 10.2. The van der Waals surface area contributed by atoms with E-state index in [2.05, 4.69) is 57.5 Å². The highest BCUT2D eigenvalue weighted by Gasteiger charge is 2.30. The minimum atomic E-state index is 0. The highest BCUT2D eigenvalue weighted by atomic mass is 127. The van der Waals surface area contributed by atoms with E-state index in [-0.39, 0.29) is 24.0 Å². The van der Waals surface area contributed by atoms with Crippen LogP contribution >= 0.6 is 24.0 Å². The second-order valence-electron chi connectivity index (χ2n) is 8.47. The van der Waals surface area contributed by atoms with E-state index in [1.807, 2.05) is 13.1 Å². The number of likely N-dealkylation sites (tertiary alicyclic amines) is 1.